The molecule has 0 aromatic heterocycles. The predicted molar refractivity (Wildman–Crippen MR) is 57.8 cm³/mol. The van der Waals surface area contributed by atoms with Gasteiger partial charge < -0.3 is 0 Å². The maximum atomic E-state index is 11.0. The number of hydrogen-bond donors (Lipinski definition) is 0. The largest absolute Gasteiger partial charge is 0.300 e. The van der Waals surface area contributed by atoms with Crippen molar-refractivity contribution in [2.45, 2.75) is 19.3 Å². The molecule has 1 fully saturated rings. The van der Waals surface area contributed by atoms with E-state index < -0.39 is 0 Å². The van der Waals surface area contributed by atoms with E-state index in [4.69, 9.17) is 0 Å². The van der Waals surface area contributed by atoms with Crippen molar-refractivity contribution >= 4 is 11.9 Å². The van der Waals surface area contributed by atoms with Crippen molar-refractivity contribution in [3.05, 3.63) is 42.0 Å². The minimum Gasteiger partial charge on any atom is -0.300 e. The molecule has 1 unspecified atom stereocenters. The van der Waals surface area contributed by atoms with Gasteiger partial charge in [-0.05, 0) is 17.9 Å². The first-order chi connectivity index (χ1) is 6.84. The fraction of sp³-hybridized carbons (Fsp3) is 0.308. The Hall–Kier alpha value is -1.37. The molecule has 0 heterocycles. The Bertz CT molecular complexity index is 338. The molecule has 1 saturated carbocycles. The van der Waals surface area contributed by atoms with Gasteiger partial charge in [-0.15, -0.1) is 0 Å². The lowest BCUT2D eigenvalue weighted by molar-refractivity contribution is -0.117. The molecule has 1 nitrogen and oxygen atoms in total. The summed E-state index contributed by atoms with van der Waals surface area (Å²) in [5, 5.41) is 0. The second-order valence-electron chi connectivity index (χ2n) is 3.81. The highest BCUT2D eigenvalue weighted by molar-refractivity contribution is 5.81. The van der Waals surface area contributed by atoms with E-state index in [0.717, 1.165) is 19.3 Å². The lowest BCUT2D eigenvalue weighted by Crippen LogP contribution is -1.89. The van der Waals surface area contributed by atoms with E-state index in [0.29, 0.717) is 11.7 Å². The van der Waals surface area contributed by atoms with E-state index in [-0.39, 0.29) is 0 Å². The Labute approximate surface area is 84.5 Å². The highest BCUT2D eigenvalue weighted by Crippen LogP contribution is 2.23. The van der Waals surface area contributed by atoms with Crippen molar-refractivity contribution in [3.63, 3.8) is 0 Å². The SMILES string of the molecule is O=C1CCC(/C=C/c2ccccc2)C1. The molecule has 0 spiro atoms. The molecule has 1 aliphatic rings. The van der Waals surface area contributed by atoms with Crippen LogP contribution < -0.4 is 0 Å². The van der Waals surface area contributed by atoms with Crippen LogP contribution in [0.25, 0.3) is 6.08 Å². The molecule has 1 aromatic carbocycles. The first-order valence-electron chi connectivity index (χ1n) is 5.09. The van der Waals surface area contributed by atoms with Crippen LogP contribution in [0.15, 0.2) is 36.4 Å². The van der Waals surface area contributed by atoms with Gasteiger partial charge in [0.2, 0.25) is 0 Å². The van der Waals surface area contributed by atoms with Gasteiger partial charge in [-0.1, -0.05) is 42.5 Å². The Morgan fingerprint density at radius 2 is 2.00 bits per heavy atom. The Balaban J connectivity index is 1.97. The average molecular weight is 186 g/mol. The van der Waals surface area contributed by atoms with Crippen LogP contribution in [0, 0.1) is 5.92 Å². The van der Waals surface area contributed by atoms with Crippen molar-refractivity contribution in [3.8, 4) is 0 Å². The van der Waals surface area contributed by atoms with Crippen LogP contribution >= 0.6 is 0 Å². The Morgan fingerprint density at radius 3 is 2.64 bits per heavy atom. The topological polar surface area (TPSA) is 17.1 Å². The molecule has 1 aromatic rings. The molecule has 0 saturated heterocycles. The molecule has 0 aliphatic heterocycles. The smallest absolute Gasteiger partial charge is 0.133 e. The molecule has 0 bridgehead atoms. The molecule has 72 valence electrons. The number of benzene rings is 1. The van der Waals surface area contributed by atoms with E-state index in [1.54, 1.807) is 0 Å². The summed E-state index contributed by atoms with van der Waals surface area (Å²) in [7, 11) is 0. The first kappa shape index (κ1) is 9.20. The Kier molecular flexibility index (Phi) is 2.78. The Morgan fingerprint density at radius 1 is 1.21 bits per heavy atom. The average Bonchev–Trinajstić information content (AvgIpc) is 2.63. The molecule has 1 aliphatic carbocycles. The first-order valence-corrected chi connectivity index (χ1v) is 5.09. The third-order valence-electron chi connectivity index (χ3n) is 2.64. The van der Waals surface area contributed by atoms with Crippen LogP contribution in [0.2, 0.25) is 0 Å². The number of carbonyl (C=O) groups excluding carboxylic acids is 1. The second-order valence-corrected chi connectivity index (χ2v) is 3.81. The summed E-state index contributed by atoms with van der Waals surface area (Å²) in [6.07, 6.45) is 6.82. The molecular weight excluding hydrogens is 172 g/mol. The molecule has 14 heavy (non-hydrogen) atoms. The molecular formula is C13H14O. The van der Waals surface area contributed by atoms with Gasteiger partial charge >= 0.3 is 0 Å². The summed E-state index contributed by atoms with van der Waals surface area (Å²) in [5.74, 6) is 0.885. The van der Waals surface area contributed by atoms with Gasteiger partial charge in [0.25, 0.3) is 0 Å². The number of Topliss-reactive ketones (excluding diaryl/α,β-unsaturated/α-hetero) is 1. The number of ketones is 1. The van der Waals surface area contributed by atoms with Crippen molar-refractivity contribution in [1.29, 1.82) is 0 Å². The van der Waals surface area contributed by atoms with E-state index >= 15 is 0 Å². The van der Waals surface area contributed by atoms with Crippen molar-refractivity contribution in [2.24, 2.45) is 5.92 Å². The van der Waals surface area contributed by atoms with Gasteiger partial charge in [0.15, 0.2) is 0 Å². The van der Waals surface area contributed by atoms with E-state index in [9.17, 15) is 4.79 Å². The van der Waals surface area contributed by atoms with Gasteiger partial charge in [0.1, 0.15) is 5.78 Å². The zero-order valence-electron chi connectivity index (χ0n) is 8.15. The van der Waals surface area contributed by atoms with Crippen molar-refractivity contribution in [2.75, 3.05) is 0 Å². The zero-order chi connectivity index (χ0) is 9.80. The van der Waals surface area contributed by atoms with Gasteiger partial charge in [-0.3, -0.25) is 4.79 Å². The van der Waals surface area contributed by atoms with Crippen LogP contribution in [-0.2, 0) is 4.79 Å². The van der Waals surface area contributed by atoms with Crippen molar-refractivity contribution in [1.82, 2.24) is 0 Å². The van der Waals surface area contributed by atoms with Crippen LogP contribution in [-0.4, -0.2) is 5.78 Å². The summed E-state index contributed by atoms with van der Waals surface area (Å²) in [6.45, 7) is 0. The van der Waals surface area contributed by atoms with E-state index in [1.807, 2.05) is 18.2 Å². The number of hydrogen-bond acceptors (Lipinski definition) is 1. The minimum absolute atomic E-state index is 0.410. The summed E-state index contributed by atoms with van der Waals surface area (Å²) < 4.78 is 0. The highest BCUT2D eigenvalue weighted by atomic mass is 16.1. The van der Waals surface area contributed by atoms with Gasteiger partial charge in [-0.25, -0.2) is 0 Å². The number of carbonyl (C=O) groups is 1. The second kappa shape index (κ2) is 4.23. The molecule has 0 N–H and O–H groups in total. The van der Waals surface area contributed by atoms with Gasteiger partial charge in [0, 0.05) is 12.8 Å². The summed E-state index contributed by atoms with van der Waals surface area (Å²) >= 11 is 0. The molecule has 1 atom stereocenters. The molecule has 0 amide bonds. The highest BCUT2D eigenvalue weighted by Gasteiger charge is 2.18. The van der Waals surface area contributed by atoms with Gasteiger partial charge in [0.05, 0.1) is 0 Å². The van der Waals surface area contributed by atoms with Crippen molar-refractivity contribution < 1.29 is 4.79 Å². The lowest BCUT2D eigenvalue weighted by Gasteiger charge is -1.98. The quantitative estimate of drug-likeness (QED) is 0.693. The lowest BCUT2D eigenvalue weighted by atomic mass is 10.1. The number of allylic oxidation sites excluding steroid dienone is 1. The van der Waals surface area contributed by atoms with E-state index in [1.165, 1.54) is 5.56 Å². The molecule has 0 radical (unpaired) electrons. The molecule has 1 heteroatoms. The summed E-state index contributed by atoms with van der Waals surface area (Å²) in [5.41, 5.74) is 1.21. The third-order valence-corrected chi connectivity index (χ3v) is 2.64. The van der Waals surface area contributed by atoms with Gasteiger partial charge in [-0.2, -0.15) is 0 Å². The zero-order valence-corrected chi connectivity index (χ0v) is 8.15. The standard InChI is InChI=1S/C13H14O/c14-13-9-8-12(10-13)7-6-11-4-2-1-3-5-11/h1-7,12H,8-10H2/b7-6+. The number of rotatable bonds is 2. The maximum absolute atomic E-state index is 11.0. The van der Waals surface area contributed by atoms with Crippen LogP contribution in [0.5, 0.6) is 0 Å². The monoisotopic (exact) mass is 186 g/mol. The normalized spacial score (nSPS) is 22.0. The predicted octanol–water partition coefficient (Wildman–Crippen LogP) is 3.07. The van der Waals surface area contributed by atoms with Crippen LogP contribution in [0.3, 0.4) is 0 Å². The van der Waals surface area contributed by atoms with E-state index in [2.05, 4.69) is 24.3 Å². The summed E-state index contributed by atoms with van der Waals surface area (Å²) in [6, 6.07) is 10.2. The molecule has 2 rings (SSSR count). The van der Waals surface area contributed by atoms with Crippen LogP contribution in [0.1, 0.15) is 24.8 Å². The minimum atomic E-state index is 0.410. The fourth-order valence-electron chi connectivity index (χ4n) is 1.82. The van der Waals surface area contributed by atoms with Crippen LogP contribution in [0.4, 0.5) is 0 Å². The third kappa shape index (κ3) is 2.32. The fourth-order valence-corrected chi connectivity index (χ4v) is 1.82. The summed E-state index contributed by atoms with van der Waals surface area (Å²) in [4.78, 5) is 11.0. The maximum Gasteiger partial charge on any atom is 0.133 e.